The van der Waals surface area contributed by atoms with Crippen LogP contribution in [0.3, 0.4) is 0 Å². The summed E-state index contributed by atoms with van der Waals surface area (Å²) in [5.74, 6) is 0. The standard InChI is InChI=1S/C16H16ClNO2S/c17-14-10-8-13(9-11-14)16-7-4-12-18(16)21(19,20)15-5-2-1-3-6-15/h1-3,5-6,8-11,16H,4,7,12H2/t16-/m1/s1. The second-order valence-electron chi connectivity index (χ2n) is 5.14. The van der Waals surface area contributed by atoms with Gasteiger partial charge in [-0.05, 0) is 42.7 Å². The van der Waals surface area contributed by atoms with Crippen molar-refractivity contribution in [3.05, 3.63) is 65.2 Å². The van der Waals surface area contributed by atoms with Gasteiger partial charge >= 0.3 is 0 Å². The molecule has 1 fully saturated rings. The molecule has 21 heavy (non-hydrogen) atoms. The lowest BCUT2D eigenvalue weighted by molar-refractivity contribution is 0.396. The number of nitrogens with zero attached hydrogens (tertiary/aromatic N) is 1. The fourth-order valence-corrected chi connectivity index (χ4v) is 4.60. The van der Waals surface area contributed by atoms with Crippen LogP contribution < -0.4 is 0 Å². The first-order valence-electron chi connectivity index (χ1n) is 6.91. The van der Waals surface area contributed by atoms with E-state index in [4.69, 9.17) is 11.6 Å². The molecule has 0 aromatic heterocycles. The maximum atomic E-state index is 12.8. The maximum absolute atomic E-state index is 12.8. The second-order valence-corrected chi connectivity index (χ2v) is 7.47. The first-order chi connectivity index (χ1) is 10.1. The van der Waals surface area contributed by atoms with E-state index in [9.17, 15) is 8.42 Å². The number of hydrogen-bond donors (Lipinski definition) is 0. The Morgan fingerprint density at radius 3 is 2.33 bits per heavy atom. The average molecular weight is 322 g/mol. The molecule has 3 rings (SSSR count). The van der Waals surface area contributed by atoms with E-state index in [0.29, 0.717) is 16.5 Å². The molecule has 0 unspecified atom stereocenters. The van der Waals surface area contributed by atoms with Crippen LogP contribution in [0.4, 0.5) is 0 Å². The number of hydrogen-bond acceptors (Lipinski definition) is 2. The zero-order chi connectivity index (χ0) is 14.9. The van der Waals surface area contributed by atoms with Gasteiger partial charge < -0.3 is 0 Å². The fourth-order valence-electron chi connectivity index (χ4n) is 2.77. The first kappa shape index (κ1) is 14.6. The van der Waals surface area contributed by atoms with Gasteiger partial charge in [0.25, 0.3) is 0 Å². The van der Waals surface area contributed by atoms with Crippen molar-refractivity contribution in [2.24, 2.45) is 0 Å². The Morgan fingerprint density at radius 1 is 1.00 bits per heavy atom. The summed E-state index contributed by atoms with van der Waals surface area (Å²) in [5.41, 5.74) is 0.997. The van der Waals surface area contributed by atoms with E-state index in [1.165, 1.54) is 0 Å². The highest BCUT2D eigenvalue weighted by molar-refractivity contribution is 7.89. The van der Waals surface area contributed by atoms with Gasteiger partial charge in [-0.15, -0.1) is 0 Å². The van der Waals surface area contributed by atoms with Gasteiger partial charge in [-0.25, -0.2) is 8.42 Å². The summed E-state index contributed by atoms with van der Waals surface area (Å²) < 4.78 is 27.2. The van der Waals surface area contributed by atoms with Crippen LogP contribution >= 0.6 is 11.6 Å². The summed E-state index contributed by atoms with van der Waals surface area (Å²) in [6, 6.07) is 15.9. The molecule has 1 atom stereocenters. The van der Waals surface area contributed by atoms with Crippen LogP contribution in [0.1, 0.15) is 24.4 Å². The molecule has 5 heteroatoms. The number of halogens is 1. The lowest BCUT2D eigenvalue weighted by atomic mass is 10.1. The third-order valence-electron chi connectivity index (χ3n) is 3.81. The molecule has 0 amide bonds. The van der Waals surface area contributed by atoms with Crippen LogP contribution in [-0.2, 0) is 10.0 Å². The van der Waals surface area contributed by atoms with E-state index in [-0.39, 0.29) is 6.04 Å². The molecule has 2 aromatic carbocycles. The SMILES string of the molecule is O=S(=O)(c1ccccc1)N1CCC[C@@H]1c1ccc(Cl)cc1. The van der Waals surface area contributed by atoms with Crippen LogP contribution in [0, 0.1) is 0 Å². The third kappa shape index (κ3) is 2.84. The Kier molecular flexibility index (Phi) is 4.02. The van der Waals surface area contributed by atoms with Crippen molar-refractivity contribution in [1.29, 1.82) is 0 Å². The van der Waals surface area contributed by atoms with Crippen molar-refractivity contribution in [3.8, 4) is 0 Å². The van der Waals surface area contributed by atoms with Crippen molar-refractivity contribution in [2.75, 3.05) is 6.54 Å². The molecular formula is C16H16ClNO2S. The summed E-state index contributed by atoms with van der Waals surface area (Å²) in [7, 11) is -3.45. The van der Waals surface area contributed by atoms with Gasteiger partial charge in [0.05, 0.1) is 10.9 Å². The van der Waals surface area contributed by atoms with Crippen molar-refractivity contribution >= 4 is 21.6 Å². The largest absolute Gasteiger partial charge is 0.243 e. The Labute approximate surface area is 130 Å². The third-order valence-corrected chi connectivity index (χ3v) is 5.98. The molecule has 0 bridgehead atoms. The van der Waals surface area contributed by atoms with Gasteiger partial charge in [0.1, 0.15) is 0 Å². The molecule has 0 spiro atoms. The van der Waals surface area contributed by atoms with Crippen molar-refractivity contribution in [1.82, 2.24) is 4.31 Å². The smallest absolute Gasteiger partial charge is 0.207 e. The van der Waals surface area contributed by atoms with Crippen LogP contribution in [0.5, 0.6) is 0 Å². The molecular weight excluding hydrogens is 306 g/mol. The Bertz CT molecular complexity index is 714. The average Bonchev–Trinajstić information content (AvgIpc) is 2.99. The fraction of sp³-hybridized carbons (Fsp3) is 0.250. The molecule has 0 aliphatic carbocycles. The predicted molar refractivity (Wildman–Crippen MR) is 83.8 cm³/mol. The van der Waals surface area contributed by atoms with E-state index < -0.39 is 10.0 Å². The van der Waals surface area contributed by atoms with Crippen LogP contribution in [-0.4, -0.2) is 19.3 Å². The number of sulfonamides is 1. The van der Waals surface area contributed by atoms with Crippen LogP contribution in [0.2, 0.25) is 5.02 Å². The maximum Gasteiger partial charge on any atom is 0.243 e. The van der Waals surface area contributed by atoms with Gasteiger partial charge in [-0.3, -0.25) is 0 Å². The molecule has 110 valence electrons. The summed E-state index contributed by atoms with van der Waals surface area (Å²) in [6.07, 6.45) is 1.72. The van der Waals surface area contributed by atoms with E-state index in [1.807, 2.05) is 30.3 Å². The second kappa shape index (κ2) is 5.79. The summed E-state index contributed by atoms with van der Waals surface area (Å²) in [4.78, 5) is 0.353. The molecule has 2 aromatic rings. The molecule has 1 heterocycles. The van der Waals surface area contributed by atoms with Crippen molar-refractivity contribution in [2.45, 2.75) is 23.8 Å². The minimum Gasteiger partial charge on any atom is -0.207 e. The minimum absolute atomic E-state index is 0.104. The Hall–Kier alpha value is -1.36. The van der Waals surface area contributed by atoms with Crippen LogP contribution in [0.15, 0.2) is 59.5 Å². The highest BCUT2D eigenvalue weighted by atomic mass is 35.5. The molecule has 1 aliphatic heterocycles. The monoisotopic (exact) mass is 321 g/mol. The summed E-state index contributed by atoms with van der Waals surface area (Å²) in [6.45, 7) is 0.560. The molecule has 1 aliphatic rings. The lowest BCUT2D eigenvalue weighted by Crippen LogP contribution is -2.30. The quantitative estimate of drug-likeness (QED) is 0.860. The summed E-state index contributed by atoms with van der Waals surface area (Å²) in [5, 5.41) is 0.661. The topological polar surface area (TPSA) is 37.4 Å². The van der Waals surface area contributed by atoms with E-state index in [1.54, 1.807) is 28.6 Å². The van der Waals surface area contributed by atoms with E-state index in [2.05, 4.69) is 0 Å². The van der Waals surface area contributed by atoms with Crippen molar-refractivity contribution < 1.29 is 8.42 Å². The van der Waals surface area contributed by atoms with E-state index >= 15 is 0 Å². The summed E-state index contributed by atoms with van der Waals surface area (Å²) >= 11 is 5.91. The predicted octanol–water partition coefficient (Wildman–Crippen LogP) is 3.87. The number of rotatable bonds is 3. The van der Waals surface area contributed by atoms with Gasteiger partial charge in [-0.1, -0.05) is 41.9 Å². The zero-order valence-corrected chi connectivity index (χ0v) is 13.0. The first-order valence-corrected chi connectivity index (χ1v) is 8.73. The van der Waals surface area contributed by atoms with Gasteiger partial charge in [0.2, 0.25) is 10.0 Å². The zero-order valence-electron chi connectivity index (χ0n) is 11.4. The van der Waals surface area contributed by atoms with Crippen LogP contribution in [0.25, 0.3) is 0 Å². The van der Waals surface area contributed by atoms with Gasteiger partial charge in [0, 0.05) is 11.6 Å². The molecule has 1 saturated heterocycles. The molecule has 0 radical (unpaired) electrons. The van der Waals surface area contributed by atoms with Crippen molar-refractivity contribution in [3.63, 3.8) is 0 Å². The van der Waals surface area contributed by atoms with Gasteiger partial charge in [-0.2, -0.15) is 4.31 Å². The Morgan fingerprint density at radius 2 is 1.67 bits per heavy atom. The Balaban J connectivity index is 1.96. The highest BCUT2D eigenvalue weighted by Gasteiger charge is 2.35. The van der Waals surface area contributed by atoms with Gasteiger partial charge in [0.15, 0.2) is 0 Å². The lowest BCUT2D eigenvalue weighted by Gasteiger charge is -2.24. The van der Waals surface area contributed by atoms with E-state index in [0.717, 1.165) is 18.4 Å². The highest BCUT2D eigenvalue weighted by Crippen LogP contribution is 2.36. The molecule has 3 nitrogen and oxygen atoms in total. The normalized spacial score (nSPS) is 19.8. The molecule has 0 N–H and O–H groups in total. The minimum atomic E-state index is -3.45. The number of benzene rings is 2. The molecule has 0 saturated carbocycles.